The van der Waals surface area contributed by atoms with E-state index in [2.05, 4.69) is 9.51 Å². The molecule has 0 aromatic carbocycles. The molecular formula is C14H22N2O9P2S. The van der Waals surface area contributed by atoms with Gasteiger partial charge in [0.25, 0.3) is 5.56 Å². The predicted molar refractivity (Wildman–Crippen MR) is 104 cm³/mol. The van der Waals surface area contributed by atoms with Gasteiger partial charge in [0.05, 0.1) is 6.04 Å². The van der Waals surface area contributed by atoms with Crippen molar-refractivity contribution in [3.63, 3.8) is 0 Å². The van der Waals surface area contributed by atoms with E-state index in [1.807, 2.05) is 0 Å². The Hall–Kier alpha value is -0.940. The van der Waals surface area contributed by atoms with Gasteiger partial charge in [-0.3, -0.25) is 18.9 Å². The molecule has 1 saturated carbocycles. The summed E-state index contributed by atoms with van der Waals surface area (Å²) in [5.74, 6) is 0.418. The molecule has 6 atom stereocenters. The fourth-order valence-corrected chi connectivity index (χ4v) is 4.59. The number of nitrogens with one attached hydrogen (secondary N) is 1. The fourth-order valence-electron chi connectivity index (χ4n) is 3.06. The quantitative estimate of drug-likeness (QED) is 0.477. The Morgan fingerprint density at radius 1 is 1.25 bits per heavy atom. The van der Waals surface area contributed by atoms with E-state index in [-0.39, 0.29) is 6.42 Å². The molecule has 1 fully saturated rings. The first-order chi connectivity index (χ1) is 13.0. The third kappa shape index (κ3) is 5.56. The molecule has 3 N–H and O–H groups in total. The Labute approximate surface area is 165 Å². The van der Waals surface area contributed by atoms with Gasteiger partial charge >= 0.3 is 20.0 Å². The van der Waals surface area contributed by atoms with Crippen molar-refractivity contribution in [1.29, 1.82) is 0 Å². The van der Waals surface area contributed by atoms with E-state index < -0.39 is 49.7 Å². The van der Waals surface area contributed by atoms with Crippen molar-refractivity contribution in [2.24, 2.45) is 5.92 Å². The zero-order valence-electron chi connectivity index (χ0n) is 15.3. The van der Waals surface area contributed by atoms with Crippen LogP contribution in [-0.2, 0) is 34.7 Å². The molecule has 1 aliphatic rings. The highest BCUT2D eigenvalue weighted by molar-refractivity contribution is 8.07. The van der Waals surface area contributed by atoms with Crippen LogP contribution >= 0.6 is 14.3 Å². The van der Waals surface area contributed by atoms with E-state index in [0.29, 0.717) is 0 Å². The molecule has 1 aliphatic carbocycles. The van der Waals surface area contributed by atoms with Crippen molar-refractivity contribution >= 4 is 26.1 Å². The lowest BCUT2D eigenvalue weighted by Crippen LogP contribution is -2.38. The van der Waals surface area contributed by atoms with Crippen LogP contribution in [-0.4, -0.2) is 52.9 Å². The number of methoxy groups -OCH3 is 1. The topological polar surface area (TPSA) is 149 Å². The molecule has 1 heterocycles. The molecule has 1 aromatic heterocycles. The SMILES string of the molecule is CO[C@H]1C(n2ccc(=O)[nH]c2=O)C[C@H](/C=C/P(=O)(O)OC)[C@H]1OP(O)(=S)OC. The Morgan fingerprint density at radius 2 is 1.93 bits per heavy atom. The van der Waals surface area contributed by atoms with Crippen molar-refractivity contribution in [2.45, 2.75) is 24.7 Å². The van der Waals surface area contributed by atoms with Gasteiger partial charge in [0, 0.05) is 45.3 Å². The summed E-state index contributed by atoms with van der Waals surface area (Å²) >= 11 is 4.91. The molecule has 28 heavy (non-hydrogen) atoms. The fraction of sp³-hybridized carbons (Fsp3) is 0.571. The second kappa shape index (κ2) is 9.25. The van der Waals surface area contributed by atoms with Crippen molar-refractivity contribution in [2.75, 3.05) is 21.3 Å². The molecule has 1 aromatic rings. The van der Waals surface area contributed by atoms with E-state index in [9.17, 15) is 23.9 Å². The molecule has 3 unspecified atom stereocenters. The van der Waals surface area contributed by atoms with Crippen molar-refractivity contribution in [3.8, 4) is 0 Å². The van der Waals surface area contributed by atoms with E-state index in [1.165, 1.54) is 37.1 Å². The number of hydrogen-bond donors (Lipinski definition) is 3. The summed E-state index contributed by atoms with van der Waals surface area (Å²) in [6, 6.07) is 0.576. The van der Waals surface area contributed by atoms with Gasteiger partial charge in [0.1, 0.15) is 12.2 Å². The molecule has 0 spiro atoms. The van der Waals surface area contributed by atoms with Crippen molar-refractivity contribution in [3.05, 3.63) is 45.0 Å². The standard InChI is InChI=1S/C14H22N2O9P2S/c1-22-13-10(16-6-4-11(17)15-14(16)18)8-9(5-7-26(19,20)23-2)12(13)25-27(21,28)24-3/h4-7,9-10,12-13H,8H2,1-3H3,(H,19,20)(H,21,28)(H,15,17,18)/b7-5+/t9-,10?,12+,13-,27?/m0/s1. The van der Waals surface area contributed by atoms with Crippen LogP contribution in [0.3, 0.4) is 0 Å². The summed E-state index contributed by atoms with van der Waals surface area (Å²) in [6.07, 6.45) is 1.27. The van der Waals surface area contributed by atoms with Gasteiger partial charge in [0.15, 0.2) is 0 Å². The zero-order valence-corrected chi connectivity index (χ0v) is 17.9. The lowest BCUT2D eigenvalue weighted by molar-refractivity contribution is -0.0125. The highest BCUT2D eigenvalue weighted by Crippen LogP contribution is 2.51. The summed E-state index contributed by atoms with van der Waals surface area (Å²) in [4.78, 5) is 45.4. The second-order valence-corrected chi connectivity index (χ2v) is 10.7. The van der Waals surface area contributed by atoms with E-state index >= 15 is 0 Å². The van der Waals surface area contributed by atoms with Gasteiger partial charge in [-0.1, -0.05) is 6.08 Å². The number of aromatic nitrogens is 2. The van der Waals surface area contributed by atoms with Crippen LogP contribution in [0.25, 0.3) is 0 Å². The first kappa shape index (κ1) is 23.3. The number of rotatable bonds is 8. The van der Waals surface area contributed by atoms with E-state index in [0.717, 1.165) is 12.9 Å². The number of ether oxygens (including phenoxy) is 1. The Kier molecular flexibility index (Phi) is 7.71. The second-order valence-electron chi connectivity index (χ2n) is 5.99. The largest absolute Gasteiger partial charge is 0.377 e. The van der Waals surface area contributed by atoms with E-state index in [1.54, 1.807) is 0 Å². The Morgan fingerprint density at radius 3 is 2.46 bits per heavy atom. The van der Waals surface area contributed by atoms with Crippen LogP contribution in [0.1, 0.15) is 12.5 Å². The monoisotopic (exact) mass is 456 g/mol. The van der Waals surface area contributed by atoms with Gasteiger partial charge in [-0.25, -0.2) is 4.79 Å². The molecule has 11 nitrogen and oxygen atoms in total. The molecule has 0 aliphatic heterocycles. The van der Waals surface area contributed by atoms with Gasteiger partial charge < -0.3 is 28.1 Å². The molecule has 2 rings (SSSR count). The Balaban J connectivity index is 2.46. The third-order valence-corrected chi connectivity index (χ3v) is 7.14. The zero-order chi connectivity index (χ0) is 21.1. The predicted octanol–water partition coefficient (Wildman–Crippen LogP) is 0.707. The molecule has 0 amide bonds. The number of hydrogen-bond acceptors (Lipinski definition) is 8. The number of H-pyrrole nitrogens is 1. The average Bonchev–Trinajstić information content (AvgIpc) is 2.96. The molecule has 0 radical (unpaired) electrons. The molecule has 14 heteroatoms. The summed E-state index contributed by atoms with van der Waals surface area (Å²) in [5.41, 5.74) is -1.20. The minimum Gasteiger partial charge on any atom is -0.377 e. The summed E-state index contributed by atoms with van der Waals surface area (Å²) in [6.45, 7) is -3.61. The highest BCUT2D eigenvalue weighted by Gasteiger charge is 2.47. The molecule has 158 valence electrons. The van der Waals surface area contributed by atoms with Gasteiger partial charge in [-0.05, 0) is 18.2 Å². The maximum atomic E-state index is 12.2. The van der Waals surface area contributed by atoms with Crippen LogP contribution in [0.2, 0.25) is 0 Å². The molecule has 0 saturated heterocycles. The van der Waals surface area contributed by atoms with Gasteiger partial charge in [0.2, 0.25) is 0 Å². The summed E-state index contributed by atoms with van der Waals surface area (Å²) < 4.78 is 33.4. The average molecular weight is 456 g/mol. The lowest BCUT2D eigenvalue weighted by Gasteiger charge is -2.28. The minimum atomic E-state index is -3.95. The van der Waals surface area contributed by atoms with Crippen LogP contribution in [0.15, 0.2) is 33.7 Å². The van der Waals surface area contributed by atoms with Crippen molar-refractivity contribution < 1.29 is 32.7 Å². The summed E-state index contributed by atoms with van der Waals surface area (Å²) in [5, 5.41) is 0. The van der Waals surface area contributed by atoms with E-state index in [4.69, 9.17) is 25.6 Å². The maximum Gasteiger partial charge on any atom is 0.351 e. The lowest BCUT2D eigenvalue weighted by atomic mass is 10.1. The first-order valence-electron chi connectivity index (χ1n) is 8.02. The third-order valence-electron chi connectivity index (χ3n) is 4.39. The number of nitrogens with zero attached hydrogens (tertiary/aromatic N) is 1. The van der Waals surface area contributed by atoms with Crippen LogP contribution in [0.5, 0.6) is 0 Å². The molecular weight excluding hydrogens is 434 g/mol. The normalized spacial score (nSPS) is 29.6. The maximum absolute atomic E-state index is 12.2. The highest BCUT2D eigenvalue weighted by atomic mass is 32.5. The first-order valence-corrected chi connectivity index (χ1v) is 12.3. The van der Waals surface area contributed by atoms with Crippen molar-refractivity contribution in [1.82, 2.24) is 9.55 Å². The van der Waals surface area contributed by atoms with Crippen LogP contribution in [0.4, 0.5) is 0 Å². The van der Waals surface area contributed by atoms with Crippen LogP contribution < -0.4 is 11.2 Å². The molecule has 0 bridgehead atoms. The van der Waals surface area contributed by atoms with Gasteiger partial charge in [-0.15, -0.1) is 0 Å². The minimum absolute atomic E-state index is 0.231. The van der Waals surface area contributed by atoms with Gasteiger partial charge in [-0.2, -0.15) is 0 Å². The summed E-state index contributed by atoms with van der Waals surface area (Å²) in [7, 11) is -0.281. The van der Waals surface area contributed by atoms with Crippen LogP contribution in [0, 0.1) is 5.92 Å². The smallest absolute Gasteiger partial charge is 0.351 e. The Bertz CT molecular complexity index is 930. The number of aromatic amines is 1.